The lowest BCUT2D eigenvalue weighted by Gasteiger charge is -2.13. The van der Waals surface area contributed by atoms with Crippen molar-refractivity contribution in [2.75, 3.05) is 0 Å². The number of allylic oxidation sites excluding steroid dienone is 2. The first-order chi connectivity index (χ1) is 9.73. The van der Waals surface area contributed by atoms with Gasteiger partial charge in [-0.3, -0.25) is 4.79 Å². The van der Waals surface area contributed by atoms with Crippen LogP contribution in [-0.4, -0.2) is 12.1 Å². The fraction of sp³-hybridized carbons (Fsp3) is 0.588. The molecule has 0 bridgehead atoms. The highest BCUT2D eigenvalue weighted by atomic mass is 35.5. The van der Waals surface area contributed by atoms with Crippen LogP contribution >= 0.6 is 23.2 Å². The van der Waals surface area contributed by atoms with E-state index in [0.29, 0.717) is 6.42 Å². The van der Waals surface area contributed by atoms with E-state index in [9.17, 15) is 4.79 Å². The number of esters is 1. The van der Waals surface area contributed by atoms with Gasteiger partial charge in [0.2, 0.25) is 0 Å². The second-order valence-corrected chi connectivity index (χ2v) is 7.04. The minimum atomic E-state index is -0.521. The Morgan fingerprint density at radius 1 is 1.48 bits per heavy atom. The smallest absolute Gasteiger partial charge is 0.311 e. The van der Waals surface area contributed by atoms with Crippen molar-refractivity contribution in [1.82, 2.24) is 0 Å². The van der Waals surface area contributed by atoms with Crippen LogP contribution in [0.15, 0.2) is 22.2 Å². The maximum Gasteiger partial charge on any atom is 0.311 e. The molecule has 0 amide bonds. The molecule has 3 atom stereocenters. The SMILES string of the molecule is C#CC(CC(C)=CCC)OC(=O)C1C(C=C(Cl)Cl)C1(C)C. The molecule has 3 unspecified atom stereocenters. The summed E-state index contributed by atoms with van der Waals surface area (Å²) in [6.07, 6.45) is 10.2. The van der Waals surface area contributed by atoms with Crippen molar-refractivity contribution in [1.29, 1.82) is 0 Å². The predicted octanol–water partition coefficient (Wildman–Crippen LogP) is 4.87. The average molecular weight is 329 g/mol. The fourth-order valence-corrected chi connectivity index (χ4v) is 2.92. The van der Waals surface area contributed by atoms with Crippen molar-refractivity contribution in [2.45, 2.75) is 46.6 Å². The van der Waals surface area contributed by atoms with Gasteiger partial charge in [0.15, 0.2) is 6.10 Å². The number of halogens is 2. The number of rotatable bonds is 6. The van der Waals surface area contributed by atoms with E-state index >= 15 is 0 Å². The summed E-state index contributed by atoms with van der Waals surface area (Å²) in [5.74, 6) is 2.02. The average Bonchev–Trinajstić information content (AvgIpc) is 2.89. The second-order valence-electron chi connectivity index (χ2n) is 6.04. The molecule has 116 valence electrons. The first-order valence-corrected chi connectivity index (χ1v) is 7.84. The van der Waals surface area contributed by atoms with Crippen LogP contribution in [0.1, 0.15) is 40.5 Å². The number of terminal acetylenes is 1. The second kappa shape index (κ2) is 7.38. The highest BCUT2D eigenvalue weighted by Gasteiger charge is 2.61. The van der Waals surface area contributed by atoms with Crippen molar-refractivity contribution in [2.24, 2.45) is 17.3 Å². The van der Waals surface area contributed by atoms with Gasteiger partial charge in [-0.2, -0.15) is 0 Å². The summed E-state index contributed by atoms with van der Waals surface area (Å²) in [6.45, 7) is 8.02. The van der Waals surface area contributed by atoms with Crippen LogP contribution in [0, 0.1) is 29.6 Å². The summed E-state index contributed by atoms with van der Waals surface area (Å²) in [4.78, 5) is 12.3. The standard InChI is InChI=1S/C17H22Cl2O2/c1-6-8-11(3)9-12(7-2)21-16(20)15-13(10-14(18)19)17(15,4)5/h2,8,10,12-13,15H,6,9H2,1,3-5H3. The van der Waals surface area contributed by atoms with E-state index < -0.39 is 6.10 Å². The van der Waals surface area contributed by atoms with Gasteiger partial charge in [0.25, 0.3) is 0 Å². The number of hydrogen-bond donors (Lipinski definition) is 0. The molecular formula is C17H22Cl2O2. The predicted molar refractivity (Wildman–Crippen MR) is 87.9 cm³/mol. The molecule has 0 N–H and O–H groups in total. The zero-order valence-corrected chi connectivity index (χ0v) is 14.5. The zero-order chi connectivity index (χ0) is 16.2. The van der Waals surface area contributed by atoms with E-state index in [1.807, 2.05) is 20.8 Å². The molecule has 21 heavy (non-hydrogen) atoms. The van der Waals surface area contributed by atoms with Crippen LogP contribution in [0.2, 0.25) is 0 Å². The molecule has 0 radical (unpaired) electrons. The molecule has 2 nitrogen and oxygen atoms in total. The van der Waals surface area contributed by atoms with Gasteiger partial charge in [0.05, 0.1) is 5.92 Å². The Kier molecular flexibility index (Phi) is 6.38. The summed E-state index contributed by atoms with van der Waals surface area (Å²) in [7, 11) is 0. The molecule has 1 aliphatic carbocycles. The Bertz CT molecular complexity index is 493. The molecule has 0 aromatic rings. The first-order valence-electron chi connectivity index (χ1n) is 7.09. The van der Waals surface area contributed by atoms with Crippen LogP contribution in [-0.2, 0) is 9.53 Å². The van der Waals surface area contributed by atoms with Crippen LogP contribution in [0.4, 0.5) is 0 Å². The van der Waals surface area contributed by atoms with E-state index in [4.69, 9.17) is 34.4 Å². The summed E-state index contributed by atoms with van der Waals surface area (Å²) >= 11 is 11.4. The van der Waals surface area contributed by atoms with E-state index in [-0.39, 0.29) is 27.7 Å². The van der Waals surface area contributed by atoms with E-state index in [1.165, 1.54) is 0 Å². The van der Waals surface area contributed by atoms with Crippen LogP contribution in [0.5, 0.6) is 0 Å². The monoisotopic (exact) mass is 328 g/mol. The molecule has 1 rings (SSSR count). The van der Waals surface area contributed by atoms with Gasteiger partial charge in [-0.15, -0.1) is 6.42 Å². The third kappa shape index (κ3) is 4.80. The van der Waals surface area contributed by atoms with E-state index in [1.54, 1.807) is 6.08 Å². The molecule has 1 saturated carbocycles. The van der Waals surface area contributed by atoms with Gasteiger partial charge in [-0.25, -0.2) is 0 Å². The summed E-state index contributed by atoms with van der Waals surface area (Å²) in [5.41, 5.74) is 0.933. The highest BCUT2D eigenvalue weighted by molar-refractivity contribution is 6.55. The topological polar surface area (TPSA) is 26.3 Å². The number of hydrogen-bond acceptors (Lipinski definition) is 2. The summed E-state index contributed by atoms with van der Waals surface area (Å²) in [5, 5.41) is 0. The van der Waals surface area contributed by atoms with Crippen molar-refractivity contribution in [3.8, 4) is 12.3 Å². The van der Waals surface area contributed by atoms with Crippen LogP contribution in [0.25, 0.3) is 0 Å². The van der Waals surface area contributed by atoms with E-state index in [0.717, 1.165) is 12.0 Å². The number of carbonyl (C=O) groups is 1. The molecule has 4 heteroatoms. The van der Waals surface area contributed by atoms with Gasteiger partial charge in [-0.05, 0) is 30.8 Å². The lowest BCUT2D eigenvalue weighted by molar-refractivity contribution is -0.149. The molecule has 0 heterocycles. The quantitative estimate of drug-likeness (QED) is 0.395. The Hall–Kier alpha value is -0.910. The third-order valence-corrected chi connectivity index (χ3v) is 4.23. The third-order valence-electron chi connectivity index (χ3n) is 3.97. The lowest BCUT2D eigenvalue weighted by Crippen LogP contribution is -2.20. The van der Waals surface area contributed by atoms with Crippen molar-refractivity contribution in [3.05, 3.63) is 22.2 Å². The molecule has 1 fully saturated rings. The summed E-state index contributed by atoms with van der Waals surface area (Å²) in [6, 6.07) is 0. The minimum Gasteiger partial charge on any atom is -0.449 e. The fourth-order valence-electron chi connectivity index (χ4n) is 2.65. The maximum absolute atomic E-state index is 12.3. The normalized spacial score (nSPS) is 24.7. The Balaban J connectivity index is 2.67. The molecule has 1 aliphatic rings. The zero-order valence-electron chi connectivity index (χ0n) is 13.0. The molecular weight excluding hydrogens is 307 g/mol. The lowest BCUT2D eigenvalue weighted by atomic mass is 10.1. The van der Waals surface area contributed by atoms with Gasteiger partial charge >= 0.3 is 5.97 Å². The summed E-state index contributed by atoms with van der Waals surface area (Å²) < 4.78 is 5.64. The molecule has 0 aliphatic heterocycles. The number of carbonyl (C=O) groups excluding carboxylic acids is 1. The largest absolute Gasteiger partial charge is 0.449 e. The number of ether oxygens (including phenoxy) is 1. The molecule has 0 saturated heterocycles. The van der Waals surface area contributed by atoms with Crippen molar-refractivity contribution >= 4 is 29.2 Å². The molecule has 0 aromatic carbocycles. The Labute approximate surface area is 137 Å². The van der Waals surface area contributed by atoms with Crippen molar-refractivity contribution in [3.63, 3.8) is 0 Å². The van der Waals surface area contributed by atoms with Gasteiger partial charge in [0, 0.05) is 6.42 Å². The molecule has 0 aromatic heterocycles. The van der Waals surface area contributed by atoms with Crippen LogP contribution in [0.3, 0.4) is 0 Å². The van der Waals surface area contributed by atoms with Crippen molar-refractivity contribution < 1.29 is 9.53 Å². The maximum atomic E-state index is 12.3. The Morgan fingerprint density at radius 3 is 2.57 bits per heavy atom. The minimum absolute atomic E-state index is 0.000653. The molecule has 0 spiro atoms. The van der Waals surface area contributed by atoms with Crippen LogP contribution < -0.4 is 0 Å². The van der Waals surface area contributed by atoms with Gasteiger partial charge in [0.1, 0.15) is 4.49 Å². The van der Waals surface area contributed by atoms with Gasteiger partial charge in [-0.1, -0.05) is 61.5 Å². The van der Waals surface area contributed by atoms with Gasteiger partial charge < -0.3 is 4.74 Å². The highest BCUT2D eigenvalue weighted by Crippen LogP contribution is 2.60. The van der Waals surface area contributed by atoms with E-state index in [2.05, 4.69) is 18.9 Å². The Morgan fingerprint density at radius 2 is 2.10 bits per heavy atom. The first kappa shape index (κ1) is 18.1.